The molecule has 0 aliphatic heterocycles. The molecule has 2 aromatic heterocycles. The number of hydrogen-bond acceptors (Lipinski definition) is 3. The Balaban J connectivity index is 2.46. The number of carboxylic acids is 1. The van der Waals surface area contributed by atoms with E-state index in [9.17, 15) is 18.0 Å². The van der Waals surface area contributed by atoms with Crippen molar-refractivity contribution in [2.75, 3.05) is 0 Å². The van der Waals surface area contributed by atoms with Gasteiger partial charge in [-0.05, 0) is 19.1 Å². The van der Waals surface area contributed by atoms with Gasteiger partial charge in [0.05, 0.1) is 4.88 Å². The predicted octanol–water partition coefficient (Wildman–Crippen LogP) is 3.16. The van der Waals surface area contributed by atoms with Gasteiger partial charge in [0.1, 0.15) is 16.3 Å². The summed E-state index contributed by atoms with van der Waals surface area (Å²) in [4.78, 5) is 11.1. The van der Waals surface area contributed by atoms with Gasteiger partial charge in [-0.2, -0.15) is 18.3 Å². The fourth-order valence-corrected chi connectivity index (χ4v) is 2.39. The number of nitrogens with one attached hydrogen (secondary N) is 1. The standard InChI is InChI=1S/C10H7F3N2O2S/c1-4-7(14-15-8(4)10(11,12)13)5-2-3-6(18-5)9(16)17/h2-3H,1H3,(H,14,15)(H,16,17). The van der Waals surface area contributed by atoms with Crippen molar-refractivity contribution in [2.24, 2.45) is 0 Å². The number of aromatic nitrogens is 2. The highest BCUT2D eigenvalue weighted by atomic mass is 32.1. The van der Waals surface area contributed by atoms with Gasteiger partial charge in [0.15, 0.2) is 0 Å². The molecular weight excluding hydrogens is 269 g/mol. The number of hydrogen-bond donors (Lipinski definition) is 2. The molecule has 0 radical (unpaired) electrons. The summed E-state index contributed by atoms with van der Waals surface area (Å²) < 4.78 is 37.6. The molecule has 0 amide bonds. The van der Waals surface area contributed by atoms with Gasteiger partial charge < -0.3 is 5.11 Å². The Morgan fingerprint density at radius 3 is 2.56 bits per heavy atom. The molecule has 8 heteroatoms. The van der Waals surface area contributed by atoms with Crippen LogP contribution in [-0.2, 0) is 6.18 Å². The van der Waals surface area contributed by atoms with Crippen molar-refractivity contribution in [3.05, 3.63) is 28.3 Å². The number of halogens is 3. The number of aromatic amines is 1. The summed E-state index contributed by atoms with van der Waals surface area (Å²) in [7, 11) is 0. The number of nitrogens with zero attached hydrogens (tertiary/aromatic N) is 1. The summed E-state index contributed by atoms with van der Waals surface area (Å²) in [5.74, 6) is -1.12. The lowest BCUT2D eigenvalue weighted by molar-refractivity contribution is -0.141. The van der Waals surface area contributed by atoms with Crippen LogP contribution in [-0.4, -0.2) is 21.3 Å². The van der Waals surface area contributed by atoms with E-state index in [-0.39, 0.29) is 16.1 Å². The lowest BCUT2D eigenvalue weighted by Gasteiger charge is -2.03. The molecule has 0 unspecified atom stereocenters. The first-order valence-electron chi connectivity index (χ1n) is 4.76. The zero-order valence-electron chi connectivity index (χ0n) is 9.00. The number of aromatic carboxylic acids is 1. The Kier molecular flexibility index (Phi) is 2.89. The van der Waals surface area contributed by atoms with Crippen LogP contribution < -0.4 is 0 Å². The van der Waals surface area contributed by atoms with Gasteiger partial charge in [0, 0.05) is 5.56 Å². The maximum atomic E-state index is 12.5. The van der Waals surface area contributed by atoms with Gasteiger partial charge in [0.2, 0.25) is 0 Å². The SMILES string of the molecule is Cc1c(-c2ccc(C(=O)O)s2)n[nH]c1C(F)(F)F. The third-order valence-electron chi connectivity index (χ3n) is 2.34. The Hall–Kier alpha value is -1.83. The second-order valence-corrected chi connectivity index (χ2v) is 4.62. The zero-order chi connectivity index (χ0) is 13.5. The van der Waals surface area contributed by atoms with Gasteiger partial charge >= 0.3 is 12.1 Å². The van der Waals surface area contributed by atoms with E-state index in [1.54, 1.807) is 0 Å². The summed E-state index contributed by atoms with van der Waals surface area (Å²) in [6, 6.07) is 2.78. The molecule has 2 heterocycles. The number of H-pyrrole nitrogens is 1. The summed E-state index contributed by atoms with van der Waals surface area (Å²) >= 11 is 0.883. The largest absolute Gasteiger partial charge is 0.477 e. The van der Waals surface area contributed by atoms with Crippen LogP contribution in [0.2, 0.25) is 0 Å². The van der Waals surface area contributed by atoms with Crippen molar-refractivity contribution in [2.45, 2.75) is 13.1 Å². The minimum Gasteiger partial charge on any atom is -0.477 e. The van der Waals surface area contributed by atoms with Gasteiger partial charge in [-0.3, -0.25) is 5.10 Å². The molecule has 18 heavy (non-hydrogen) atoms. The first-order chi connectivity index (χ1) is 8.30. The Labute approximate surface area is 103 Å². The van der Waals surface area contributed by atoms with Crippen LogP contribution >= 0.6 is 11.3 Å². The number of rotatable bonds is 2. The molecule has 0 spiro atoms. The van der Waals surface area contributed by atoms with Crippen LogP contribution in [0.5, 0.6) is 0 Å². The van der Waals surface area contributed by atoms with E-state index in [1.165, 1.54) is 19.1 Å². The number of carbonyl (C=O) groups is 1. The molecular formula is C10H7F3N2O2S. The van der Waals surface area contributed by atoms with Crippen LogP contribution in [0, 0.1) is 6.92 Å². The normalized spacial score (nSPS) is 11.8. The van der Waals surface area contributed by atoms with Crippen molar-refractivity contribution >= 4 is 17.3 Å². The van der Waals surface area contributed by atoms with Crippen molar-refractivity contribution in [3.8, 4) is 10.6 Å². The van der Waals surface area contributed by atoms with E-state index in [2.05, 4.69) is 5.10 Å². The molecule has 0 aliphatic carbocycles. The second kappa shape index (κ2) is 4.13. The van der Waals surface area contributed by atoms with E-state index < -0.39 is 17.8 Å². The molecule has 2 aromatic rings. The van der Waals surface area contributed by atoms with Crippen LogP contribution in [0.1, 0.15) is 20.9 Å². The van der Waals surface area contributed by atoms with Gasteiger partial charge in [-0.15, -0.1) is 11.3 Å². The number of carboxylic acid groups (broad SMARTS) is 1. The van der Waals surface area contributed by atoms with Crippen molar-refractivity contribution in [1.82, 2.24) is 10.2 Å². The number of thiophene rings is 1. The Morgan fingerprint density at radius 1 is 1.44 bits per heavy atom. The molecule has 0 aromatic carbocycles. The first kappa shape index (κ1) is 12.6. The minimum absolute atomic E-state index is 0.0405. The fourth-order valence-electron chi connectivity index (χ4n) is 1.49. The predicted molar refractivity (Wildman–Crippen MR) is 58.6 cm³/mol. The quantitative estimate of drug-likeness (QED) is 0.885. The molecule has 0 aliphatic rings. The first-order valence-corrected chi connectivity index (χ1v) is 5.58. The highest BCUT2D eigenvalue weighted by Gasteiger charge is 2.36. The molecule has 2 N–H and O–H groups in total. The van der Waals surface area contributed by atoms with E-state index in [0.29, 0.717) is 4.88 Å². The van der Waals surface area contributed by atoms with E-state index in [4.69, 9.17) is 5.11 Å². The third-order valence-corrected chi connectivity index (χ3v) is 3.42. The van der Waals surface area contributed by atoms with Gasteiger partial charge in [0.25, 0.3) is 0 Å². The van der Waals surface area contributed by atoms with Crippen molar-refractivity contribution in [1.29, 1.82) is 0 Å². The monoisotopic (exact) mass is 276 g/mol. The molecule has 0 saturated heterocycles. The Morgan fingerprint density at radius 2 is 2.11 bits per heavy atom. The summed E-state index contributed by atoms with van der Waals surface area (Å²) in [6.45, 7) is 1.29. The van der Waals surface area contributed by atoms with Crippen LogP contribution in [0.3, 0.4) is 0 Å². The van der Waals surface area contributed by atoms with Crippen molar-refractivity contribution in [3.63, 3.8) is 0 Å². The average Bonchev–Trinajstić information content (AvgIpc) is 2.81. The maximum Gasteiger partial charge on any atom is 0.433 e. The van der Waals surface area contributed by atoms with Gasteiger partial charge in [-0.25, -0.2) is 4.79 Å². The minimum atomic E-state index is -4.50. The lowest BCUT2D eigenvalue weighted by Crippen LogP contribution is -2.07. The molecule has 0 fully saturated rings. The van der Waals surface area contributed by atoms with E-state index in [0.717, 1.165) is 11.3 Å². The summed E-state index contributed by atoms with van der Waals surface area (Å²) in [5, 5.41) is 14.3. The summed E-state index contributed by atoms with van der Waals surface area (Å²) in [6.07, 6.45) is -4.50. The lowest BCUT2D eigenvalue weighted by atomic mass is 10.2. The van der Waals surface area contributed by atoms with Gasteiger partial charge in [-0.1, -0.05) is 0 Å². The third kappa shape index (κ3) is 2.10. The highest BCUT2D eigenvalue weighted by Crippen LogP contribution is 2.36. The molecule has 4 nitrogen and oxygen atoms in total. The van der Waals surface area contributed by atoms with Crippen molar-refractivity contribution < 1.29 is 23.1 Å². The molecule has 0 atom stereocenters. The van der Waals surface area contributed by atoms with Crippen LogP contribution in [0.25, 0.3) is 10.6 Å². The summed E-state index contributed by atoms with van der Waals surface area (Å²) in [5.41, 5.74) is -0.830. The molecule has 96 valence electrons. The van der Waals surface area contributed by atoms with Crippen LogP contribution in [0.15, 0.2) is 12.1 Å². The molecule has 0 saturated carbocycles. The Bertz CT molecular complexity index is 601. The van der Waals surface area contributed by atoms with Crippen LogP contribution in [0.4, 0.5) is 13.2 Å². The van der Waals surface area contributed by atoms with E-state index >= 15 is 0 Å². The second-order valence-electron chi connectivity index (χ2n) is 3.54. The van der Waals surface area contributed by atoms with E-state index in [1.807, 2.05) is 5.10 Å². The topological polar surface area (TPSA) is 66.0 Å². The average molecular weight is 276 g/mol. The maximum absolute atomic E-state index is 12.5. The highest BCUT2D eigenvalue weighted by molar-refractivity contribution is 7.17. The number of alkyl halides is 3. The molecule has 2 rings (SSSR count). The molecule has 0 bridgehead atoms. The zero-order valence-corrected chi connectivity index (χ0v) is 9.82. The smallest absolute Gasteiger partial charge is 0.433 e. The fraction of sp³-hybridized carbons (Fsp3) is 0.200.